The van der Waals surface area contributed by atoms with E-state index in [1.807, 2.05) is 0 Å². The fraction of sp³-hybridized carbons (Fsp3) is 0.500. The molecule has 0 heterocycles. The van der Waals surface area contributed by atoms with E-state index < -0.39 is 5.97 Å². The van der Waals surface area contributed by atoms with Crippen LogP contribution in [-0.2, 0) is 9.59 Å². The summed E-state index contributed by atoms with van der Waals surface area (Å²) in [7, 11) is 0. The third-order valence-corrected chi connectivity index (χ3v) is 0. The Morgan fingerprint density at radius 1 is 1.33 bits per heavy atom. The van der Waals surface area contributed by atoms with E-state index in [1.165, 1.54) is 6.92 Å². The Balaban J connectivity index is -0.0000000720. The molecule has 0 fully saturated rings. The lowest BCUT2D eigenvalue weighted by Gasteiger charge is -1.60. The SMILES string of the molecule is CC(=O)O.CC(N)=O.N. The molecule has 5 heteroatoms. The first-order valence-electron chi connectivity index (χ1n) is 1.92. The maximum Gasteiger partial charge on any atom is 0.300 e. The topological polar surface area (TPSA) is 115 Å². The molecular formula is C4H12N2O3. The lowest BCUT2D eigenvalue weighted by Crippen LogP contribution is -2.01. The van der Waals surface area contributed by atoms with E-state index in [0.29, 0.717) is 0 Å². The van der Waals surface area contributed by atoms with E-state index in [-0.39, 0.29) is 12.1 Å². The van der Waals surface area contributed by atoms with Gasteiger partial charge in [0.2, 0.25) is 5.91 Å². The normalized spacial score (nSPS) is 5.56. The Kier molecular flexibility index (Phi) is 17.4. The van der Waals surface area contributed by atoms with Gasteiger partial charge in [-0.05, 0) is 0 Å². The minimum absolute atomic E-state index is 0. The number of hydrogen-bond donors (Lipinski definition) is 3. The van der Waals surface area contributed by atoms with Crippen LogP contribution in [0.2, 0.25) is 0 Å². The lowest BCUT2D eigenvalue weighted by atomic mass is 10.8. The van der Waals surface area contributed by atoms with Gasteiger partial charge in [-0.2, -0.15) is 0 Å². The Labute approximate surface area is 53.4 Å². The molecule has 1 amide bonds. The third kappa shape index (κ3) is 137. The number of amides is 1. The van der Waals surface area contributed by atoms with Gasteiger partial charge >= 0.3 is 0 Å². The van der Waals surface area contributed by atoms with E-state index in [0.717, 1.165) is 6.92 Å². The van der Waals surface area contributed by atoms with Crippen LogP contribution in [0.1, 0.15) is 13.8 Å². The molecule has 0 aliphatic heterocycles. The average molecular weight is 136 g/mol. The molecule has 0 unspecified atom stereocenters. The highest BCUT2D eigenvalue weighted by Gasteiger charge is 1.65. The number of carboxylic acids is 1. The standard InChI is InChI=1S/C2H5NO.C2H4O2.H3N/c2*1-2(3)4;/h1H3,(H2,3,4);1H3,(H,3,4);1H3. The smallest absolute Gasteiger partial charge is 0.300 e. The van der Waals surface area contributed by atoms with Crippen LogP contribution in [0.5, 0.6) is 0 Å². The first-order chi connectivity index (χ1) is 3.46. The zero-order chi connectivity index (χ0) is 7.15. The second-order valence-corrected chi connectivity index (χ2v) is 1.13. The van der Waals surface area contributed by atoms with Crippen molar-refractivity contribution in [1.29, 1.82) is 0 Å². The highest BCUT2D eigenvalue weighted by Crippen LogP contribution is 1.42. The Morgan fingerprint density at radius 3 is 1.33 bits per heavy atom. The van der Waals surface area contributed by atoms with Crippen LogP contribution < -0.4 is 11.9 Å². The Morgan fingerprint density at radius 2 is 1.33 bits per heavy atom. The molecule has 0 saturated carbocycles. The number of primary amides is 1. The molecule has 0 saturated heterocycles. The van der Waals surface area contributed by atoms with Crippen LogP contribution in [0.3, 0.4) is 0 Å². The molecule has 0 aromatic heterocycles. The highest BCUT2D eigenvalue weighted by molar-refractivity contribution is 5.70. The second kappa shape index (κ2) is 10.0. The van der Waals surface area contributed by atoms with Crippen molar-refractivity contribution in [2.45, 2.75) is 13.8 Å². The molecule has 0 atom stereocenters. The molecule has 0 aromatic rings. The van der Waals surface area contributed by atoms with Gasteiger partial charge in [0.05, 0.1) is 0 Å². The fourth-order valence-corrected chi connectivity index (χ4v) is 0. The number of carbonyl (C=O) groups excluding carboxylic acids is 1. The van der Waals surface area contributed by atoms with Crippen LogP contribution in [-0.4, -0.2) is 17.0 Å². The largest absolute Gasteiger partial charge is 0.481 e. The summed E-state index contributed by atoms with van der Waals surface area (Å²) in [4.78, 5) is 18.2. The van der Waals surface area contributed by atoms with Crippen molar-refractivity contribution in [3.05, 3.63) is 0 Å². The average Bonchev–Trinajstić information content (AvgIpc) is 1.25. The molecular weight excluding hydrogens is 124 g/mol. The number of nitrogens with two attached hydrogens (primary N) is 1. The third-order valence-electron chi connectivity index (χ3n) is 0. The predicted molar refractivity (Wildman–Crippen MR) is 33.2 cm³/mol. The van der Waals surface area contributed by atoms with Gasteiger partial charge < -0.3 is 17.0 Å². The minimum Gasteiger partial charge on any atom is -0.481 e. The molecule has 56 valence electrons. The number of carboxylic acid groups (broad SMARTS) is 1. The van der Waals surface area contributed by atoms with Crippen LogP contribution in [0.25, 0.3) is 0 Å². The molecule has 0 aliphatic carbocycles. The van der Waals surface area contributed by atoms with Crippen molar-refractivity contribution < 1.29 is 14.7 Å². The molecule has 0 bridgehead atoms. The van der Waals surface area contributed by atoms with Gasteiger partial charge in [0.1, 0.15) is 0 Å². The maximum absolute atomic E-state index is 9.22. The van der Waals surface area contributed by atoms with Gasteiger partial charge in [-0.3, -0.25) is 9.59 Å². The van der Waals surface area contributed by atoms with E-state index >= 15 is 0 Å². The first-order valence-corrected chi connectivity index (χ1v) is 1.92. The summed E-state index contributed by atoms with van der Waals surface area (Å²) in [5.74, 6) is -1.17. The van der Waals surface area contributed by atoms with Gasteiger partial charge in [0.25, 0.3) is 5.97 Å². The molecule has 6 N–H and O–H groups in total. The summed E-state index contributed by atoms with van der Waals surface area (Å²) >= 11 is 0. The van der Waals surface area contributed by atoms with E-state index in [1.54, 1.807) is 0 Å². The van der Waals surface area contributed by atoms with Gasteiger partial charge in [-0.15, -0.1) is 0 Å². The fourth-order valence-electron chi connectivity index (χ4n) is 0. The quantitative estimate of drug-likeness (QED) is 0.425. The van der Waals surface area contributed by atoms with Crippen LogP contribution >= 0.6 is 0 Å². The van der Waals surface area contributed by atoms with Crippen molar-refractivity contribution in [1.82, 2.24) is 6.15 Å². The second-order valence-electron chi connectivity index (χ2n) is 1.13. The molecule has 0 rings (SSSR count). The van der Waals surface area contributed by atoms with Crippen molar-refractivity contribution in [3.8, 4) is 0 Å². The van der Waals surface area contributed by atoms with Crippen molar-refractivity contribution in [3.63, 3.8) is 0 Å². The maximum atomic E-state index is 9.22. The summed E-state index contributed by atoms with van der Waals surface area (Å²) < 4.78 is 0. The van der Waals surface area contributed by atoms with Crippen molar-refractivity contribution in [2.75, 3.05) is 0 Å². The summed E-state index contributed by atoms with van der Waals surface area (Å²) in [6.45, 7) is 2.39. The lowest BCUT2D eigenvalue weighted by molar-refractivity contribution is -0.134. The van der Waals surface area contributed by atoms with Crippen LogP contribution in [0.4, 0.5) is 0 Å². The van der Waals surface area contributed by atoms with Crippen LogP contribution in [0.15, 0.2) is 0 Å². The molecule has 0 aromatic carbocycles. The van der Waals surface area contributed by atoms with E-state index in [2.05, 4.69) is 5.73 Å². The van der Waals surface area contributed by atoms with Crippen molar-refractivity contribution in [2.24, 2.45) is 5.73 Å². The van der Waals surface area contributed by atoms with Gasteiger partial charge in [-0.25, -0.2) is 0 Å². The molecule has 0 aliphatic rings. The summed E-state index contributed by atoms with van der Waals surface area (Å²) in [5, 5.41) is 7.42. The zero-order valence-corrected chi connectivity index (χ0v) is 5.55. The molecule has 9 heavy (non-hydrogen) atoms. The summed E-state index contributed by atoms with van der Waals surface area (Å²) in [5.41, 5.74) is 4.47. The van der Waals surface area contributed by atoms with Gasteiger partial charge in [0.15, 0.2) is 0 Å². The number of hydrogen-bond acceptors (Lipinski definition) is 3. The Hall–Kier alpha value is -1.10. The van der Waals surface area contributed by atoms with Gasteiger partial charge in [-0.1, -0.05) is 0 Å². The number of carbonyl (C=O) groups is 2. The first kappa shape index (κ1) is 15.7. The monoisotopic (exact) mass is 136 g/mol. The Bertz CT molecular complexity index is 71.8. The van der Waals surface area contributed by atoms with E-state index in [4.69, 9.17) is 9.90 Å². The van der Waals surface area contributed by atoms with Gasteiger partial charge in [0, 0.05) is 13.8 Å². The number of aliphatic carboxylic acids is 1. The molecule has 5 nitrogen and oxygen atoms in total. The molecule has 0 radical (unpaired) electrons. The summed E-state index contributed by atoms with van der Waals surface area (Å²) in [6, 6.07) is 0. The summed E-state index contributed by atoms with van der Waals surface area (Å²) in [6.07, 6.45) is 0. The van der Waals surface area contributed by atoms with Crippen LogP contribution in [0, 0.1) is 0 Å². The predicted octanol–water partition coefficient (Wildman–Crippen LogP) is -0.255. The van der Waals surface area contributed by atoms with Crippen molar-refractivity contribution >= 4 is 11.9 Å². The highest BCUT2D eigenvalue weighted by atomic mass is 16.4. The molecule has 0 spiro atoms. The van der Waals surface area contributed by atoms with E-state index in [9.17, 15) is 4.79 Å². The minimum atomic E-state index is -0.833. The number of rotatable bonds is 0. The zero-order valence-electron chi connectivity index (χ0n) is 5.55.